The average Bonchev–Trinajstić information content (AvgIpc) is 3.03. The molecule has 176 valence electrons. The van der Waals surface area contributed by atoms with Gasteiger partial charge in [-0.15, -0.1) is 0 Å². The second-order valence-corrected chi connectivity index (χ2v) is 11.1. The Morgan fingerprint density at radius 3 is 2.47 bits per heavy atom. The van der Waals surface area contributed by atoms with E-state index in [-0.39, 0.29) is 22.9 Å². The Labute approximate surface area is 197 Å². The van der Waals surface area contributed by atoms with Gasteiger partial charge in [-0.3, -0.25) is 9.69 Å². The van der Waals surface area contributed by atoms with Gasteiger partial charge in [0.25, 0.3) is 5.19 Å². The number of ketones is 1. The zero-order valence-corrected chi connectivity index (χ0v) is 21.8. The molecule has 0 unspecified atom stereocenters. The van der Waals surface area contributed by atoms with Crippen molar-refractivity contribution in [1.82, 2.24) is 9.88 Å². The number of carbonyl (C=O) groups is 1. The van der Waals surface area contributed by atoms with Gasteiger partial charge in [-0.1, -0.05) is 49.5 Å². The van der Waals surface area contributed by atoms with Gasteiger partial charge >= 0.3 is 0 Å². The number of Topliss-reactive ketones (excluding diaryl/α,β-unsaturated/α-hetero) is 1. The second kappa shape index (κ2) is 10.6. The highest BCUT2D eigenvalue weighted by Crippen LogP contribution is 2.38. The fraction of sp³-hybridized carbons (Fsp3) is 0.538. The summed E-state index contributed by atoms with van der Waals surface area (Å²) in [6, 6.07) is 3.71. The summed E-state index contributed by atoms with van der Waals surface area (Å²) in [5, 5.41) is 0.553. The molecule has 2 aromatic rings. The van der Waals surface area contributed by atoms with Crippen LogP contribution in [0.2, 0.25) is 0 Å². The monoisotopic (exact) mass is 458 g/mol. The van der Waals surface area contributed by atoms with E-state index in [0.29, 0.717) is 28.6 Å². The Kier molecular flexibility index (Phi) is 8.66. The molecular formula is C26H38N2O3S. The number of ether oxygens (including phenoxy) is 2. The molecule has 1 aromatic carbocycles. The van der Waals surface area contributed by atoms with Gasteiger partial charge in [0.15, 0.2) is 5.78 Å². The standard InChI is InChI=1S/C26H38N2O3S/c1-10-11-12-15-26(7,8)17-28(9)16-20(29)19-13-14-21(31-25(4,5)6)22-23(19)32-24(27-22)30-18(2)3/h10-15,18H,16-17H2,1-9H3. The van der Waals surface area contributed by atoms with Crippen molar-refractivity contribution in [1.29, 1.82) is 0 Å². The SMILES string of the molecule is CC=CC=CC(C)(C)CN(C)CC(=O)c1ccc(OC(C)(C)C)c2nc(OC(C)C)sc12. The maximum absolute atomic E-state index is 13.3. The van der Waals surface area contributed by atoms with Crippen LogP contribution >= 0.6 is 11.3 Å². The quantitative estimate of drug-likeness (QED) is 0.299. The Morgan fingerprint density at radius 1 is 1.19 bits per heavy atom. The van der Waals surface area contributed by atoms with Crippen LogP contribution in [0.25, 0.3) is 10.2 Å². The van der Waals surface area contributed by atoms with Gasteiger partial charge in [0, 0.05) is 12.1 Å². The van der Waals surface area contributed by atoms with E-state index in [2.05, 4.69) is 35.9 Å². The van der Waals surface area contributed by atoms with Crippen LogP contribution in [0.3, 0.4) is 0 Å². The normalized spacial score (nSPS) is 13.2. The van der Waals surface area contributed by atoms with Crippen LogP contribution in [0.4, 0.5) is 0 Å². The van der Waals surface area contributed by atoms with Crippen molar-refractivity contribution >= 4 is 27.3 Å². The van der Waals surface area contributed by atoms with E-state index in [4.69, 9.17) is 9.47 Å². The van der Waals surface area contributed by atoms with E-state index in [1.807, 2.05) is 72.9 Å². The molecule has 32 heavy (non-hydrogen) atoms. The van der Waals surface area contributed by atoms with Gasteiger partial charge in [-0.05, 0) is 66.1 Å². The molecule has 0 bridgehead atoms. The summed E-state index contributed by atoms with van der Waals surface area (Å²) in [6.45, 7) is 17.4. The summed E-state index contributed by atoms with van der Waals surface area (Å²) in [4.78, 5) is 20.0. The molecule has 0 saturated heterocycles. The average molecular weight is 459 g/mol. The third-order valence-electron chi connectivity index (χ3n) is 4.48. The van der Waals surface area contributed by atoms with Crippen LogP contribution in [0.15, 0.2) is 36.4 Å². The van der Waals surface area contributed by atoms with E-state index in [1.54, 1.807) is 0 Å². The first kappa shape index (κ1) is 26.1. The van der Waals surface area contributed by atoms with Crippen molar-refractivity contribution in [3.63, 3.8) is 0 Å². The molecule has 2 rings (SSSR count). The summed E-state index contributed by atoms with van der Waals surface area (Å²) < 4.78 is 12.8. The van der Waals surface area contributed by atoms with Crippen LogP contribution in [0, 0.1) is 5.41 Å². The lowest BCUT2D eigenvalue weighted by Crippen LogP contribution is -2.34. The van der Waals surface area contributed by atoms with Crippen LogP contribution in [0.1, 0.15) is 65.7 Å². The minimum Gasteiger partial charge on any atom is -0.486 e. The Hall–Kier alpha value is -2.18. The molecule has 0 saturated carbocycles. The molecule has 0 spiro atoms. The fourth-order valence-corrected chi connectivity index (χ4v) is 4.50. The molecule has 0 N–H and O–H groups in total. The zero-order chi connectivity index (χ0) is 24.1. The number of rotatable bonds is 10. The Bertz CT molecular complexity index is 981. The maximum Gasteiger partial charge on any atom is 0.274 e. The minimum absolute atomic E-state index is 0.00525. The molecule has 6 heteroatoms. The number of nitrogens with zero attached hydrogens (tertiary/aromatic N) is 2. The Balaban J connectivity index is 2.31. The lowest BCUT2D eigenvalue weighted by molar-refractivity contribution is 0.0934. The van der Waals surface area contributed by atoms with Crippen LogP contribution in [-0.4, -0.2) is 47.5 Å². The molecule has 1 heterocycles. The summed E-state index contributed by atoms with van der Waals surface area (Å²) in [5.74, 6) is 0.732. The highest BCUT2D eigenvalue weighted by atomic mass is 32.1. The van der Waals surface area contributed by atoms with Gasteiger partial charge in [-0.2, -0.15) is 4.98 Å². The van der Waals surface area contributed by atoms with Crippen molar-refractivity contribution in [3.05, 3.63) is 42.0 Å². The fourth-order valence-electron chi connectivity index (χ4n) is 3.41. The van der Waals surface area contributed by atoms with Gasteiger partial charge in [0.1, 0.15) is 16.9 Å². The molecule has 0 radical (unpaired) electrons. The summed E-state index contributed by atoms with van der Waals surface area (Å²) in [5.41, 5.74) is 0.931. The van der Waals surface area contributed by atoms with Crippen molar-refractivity contribution in [2.45, 2.75) is 67.1 Å². The molecule has 1 aromatic heterocycles. The van der Waals surface area contributed by atoms with Crippen molar-refractivity contribution in [2.75, 3.05) is 20.1 Å². The molecule has 0 aliphatic rings. The number of aromatic nitrogens is 1. The number of hydrogen-bond acceptors (Lipinski definition) is 6. The predicted molar refractivity (Wildman–Crippen MR) is 135 cm³/mol. The van der Waals surface area contributed by atoms with Crippen molar-refractivity contribution in [2.24, 2.45) is 5.41 Å². The van der Waals surface area contributed by atoms with Crippen molar-refractivity contribution < 1.29 is 14.3 Å². The first-order valence-corrected chi connectivity index (χ1v) is 11.9. The lowest BCUT2D eigenvalue weighted by atomic mass is 9.92. The number of fused-ring (bicyclic) bond motifs is 1. The van der Waals surface area contributed by atoms with Gasteiger partial charge in [0.2, 0.25) is 0 Å². The van der Waals surface area contributed by atoms with Gasteiger partial charge in [-0.25, -0.2) is 0 Å². The number of thiazole rings is 1. The predicted octanol–water partition coefficient (Wildman–Crippen LogP) is 6.53. The van der Waals surface area contributed by atoms with Gasteiger partial charge in [0.05, 0.1) is 17.3 Å². The third-order valence-corrected chi connectivity index (χ3v) is 5.46. The zero-order valence-electron chi connectivity index (χ0n) is 21.0. The largest absolute Gasteiger partial charge is 0.486 e. The molecule has 0 fully saturated rings. The number of benzene rings is 1. The van der Waals surface area contributed by atoms with E-state index >= 15 is 0 Å². The van der Waals surface area contributed by atoms with Gasteiger partial charge < -0.3 is 9.47 Å². The number of allylic oxidation sites excluding steroid dienone is 3. The number of hydrogen-bond donors (Lipinski definition) is 0. The summed E-state index contributed by atoms with van der Waals surface area (Å²) in [7, 11) is 1.98. The van der Waals surface area contributed by atoms with Crippen LogP contribution in [0.5, 0.6) is 10.9 Å². The Morgan fingerprint density at radius 2 is 1.88 bits per heavy atom. The molecule has 0 aliphatic carbocycles. The van der Waals surface area contributed by atoms with E-state index < -0.39 is 0 Å². The highest BCUT2D eigenvalue weighted by Gasteiger charge is 2.24. The van der Waals surface area contributed by atoms with E-state index in [1.165, 1.54) is 11.3 Å². The lowest BCUT2D eigenvalue weighted by Gasteiger charge is -2.27. The minimum atomic E-state index is -0.368. The van der Waals surface area contributed by atoms with Crippen LogP contribution < -0.4 is 9.47 Å². The van der Waals surface area contributed by atoms with Crippen LogP contribution in [-0.2, 0) is 0 Å². The maximum atomic E-state index is 13.3. The number of carbonyl (C=O) groups excluding carboxylic acids is 1. The van der Waals surface area contributed by atoms with Crippen molar-refractivity contribution in [3.8, 4) is 10.9 Å². The molecule has 0 amide bonds. The summed E-state index contributed by atoms with van der Waals surface area (Å²) >= 11 is 1.40. The van der Waals surface area contributed by atoms with E-state index in [0.717, 1.165) is 11.2 Å². The first-order valence-electron chi connectivity index (χ1n) is 11.1. The molecular weight excluding hydrogens is 420 g/mol. The smallest absolute Gasteiger partial charge is 0.274 e. The third kappa shape index (κ3) is 7.75. The summed E-state index contributed by atoms with van der Waals surface area (Å²) in [6.07, 6.45) is 8.26. The number of likely N-dealkylation sites (N-methyl/N-ethyl adjacent to an activating group) is 1. The topological polar surface area (TPSA) is 51.7 Å². The highest BCUT2D eigenvalue weighted by molar-refractivity contribution is 7.20. The second-order valence-electron chi connectivity index (χ2n) is 10.1. The molecule has 0 aliphatic heterocycles. The molecule has 5 nitrogen and oxygen atoms in total. The first-order chi connectivity index (χ1) is 14.8. The molecule has 0 atom stereocenters. The van der Waals surface area contributed by atoms with E-state index in [9.17, 15) is 4.79 Å².